The Balaban J connectivity index is 1.48. The largest absolute Gasteiger partial charge is 0.504 e. The standard InChI is InChI=1S/C23H27FN2O3S/c1-2-29-22-11-15(3-10-21(22)27)13-26-14-19(30-18-8-4-16(24)5-9-18)12-20(26)23(28)25-17-6-7-17/h3-5,8-11,17,19-20,27H,2,6-7,12-14H2,1H3,(H,25,28)/t19-,20-/m0/s1. The van der Waals surface area contributed by atoms with Crippen LogP contribution < -0.4 is 10.1 Å². The van der Waals surface area contributed by atoms with Gasteiger partial charge in [-0.05, 0) is 68.1 Å². The molecule has 0 radical (unpaired) electrons. The molecule has 0 aromatic heterocycles. The highest BCUT2D eigenvalue weighted by molar-refractivity contribution is 8.00. The molecule has 160 valence electrons. The van der Waals surface area contributed by atoms with Crippen molar-refractivity contribution in [3.05, 3.63) is 53.8 Å². The summed E-state index contributed by atoms with van der Waals surface area (Å²) in [6.07, 6.45) is 2.86. The molecule has 2 N–H and O–H groups in total. The number of ether oxygens (including phenoxy) is 1. The van der Waals surface area contributed by atoms with E-state index in [2.05, 4.69) is 10.2 Å². The van der Waals surface area contributed by atoms with Crippen molar-refractivity contribution in [3.63, 3.8) is 0 Å². The SMILES string of the molecule is CCOc1cc(CN2C[C@@H](Sc3ccc(F)cc3)C[C@H]2C(=O)NC2CC2)ccc1O. The zero-order valence-electron chi connectivity index (χ0n) is 17.0. The predicted molar refractivity (Wildman–Crippen MR) is 115 cm³/mol. The van der Waals surface area contributed by atoms with E-state index in [0.717, 1.165) is 36.3 Å². The van der Waals surface area contributed by atoms with Crippen molar-refractivity contribution in [1.82, 2.24) is 10.2 Å². The van der Waals surface area contributed by atoms with Crippen LogP contribution >= 0.6 is 11.8 Å². The molecular formula is C23H27FN2O3S. The third kappa shape index (κ3) is 5.26. The maximum atomic E-state index is 13.2. The van der Waals surface area contributed by atoms with E-state index >= 15 is 0 Å². The van der Waals surface area contributed by atoms with Gasteiger partial charge in [0.2, 0.25) is 5.91 Å². The van der Waals surface area contributed by atoms with Crippen molar-refractivity contribution in [2.24, 2.45) is 0 Å². The highest BCUT2D eigenvalue weighted by atomic mass is 32.2. The topological polar surface area (TPSA) is 61.8 Å². The first kappa shape index (κ1) is 21.0. The van der Waals surface area contributed by atoms with E-state index in [1.54, 1.807) is 30.0 Å². The number of carbonyl (C=O) groups is 1. The Kier molecular flexibility index (Phi) is 6.49. The molecule has 1 amide bonds. The van der Waals surface area contributed by atoms with Crippen LogP contribution in [-0.4, -0.2) is 46.4 Å². The number of thioether (sulfide) groups is 1. The Morgan fingerprint density at radius 1 is 1.27 bits per heavy atom. The molecule has 4 rings (SSSR count). The van der Waals surface area contributed by atoms with Crippen molar-refractivity contribution in [1.29, 1.82) is 0 Å². The van der Waals surface area contributed by atoms with Crippen LogP contribution in [-0.2, 0) is 11.3 Å². The minimum Gasteiger partial charge on any atom is -0.504 e. The molecule has 2 aliphatic rings. The lowest BCUT2D eigenvalue weighted by atomic mass is 10.1. The summed E-state index contributed by atoms with van der Waals surface area (Å²) in [5.41, 5.74) is 0.993. The molecule has 1 heterocycles. The minimum absolute atomic E-state index is 0.0866. The van der Waals surface area contributed by atoms with Crippen LogP contribution in [0.1, 0.15) is 31.7 Å². The van der Waals surface area contributed by atoms with E-state index in [1.807, 2.05) is 19.1 Å². The summed E-state index contributed by atoms with van der Waals surface area (Å²) in [7, 11) is 0. The molecule has 5 nitrogen and oxygen atoms in total. The van der Waals surface area contributed by atoms with Gasteiger partial charge in [0.15, 0.2) is 11.5 Å². The second-order valence-electron chi connectivity index (χ2n) is 7.89. The Morgan fingerprint density at radius 3 is 2.73 bits per heavy atom. The lowest BCUT2D eigenvalue weighted by molar-refractivity contribution is -0.125. The summed E-state index contributed by atoms with van der Waals surface area (Å²) in [5, 5.41) is 13.4. The van der Waals surface area contributed by atoms with Crippen molar-refractivity contribution in [2.75, 3.05) is 13.2 Å². The van der Waals surface area contributed by atoms with E-state index in [9.17, 15) is 14.3 Å². The number of halogens is 1. The fourth-order valence-corrected chi connectivity index (χ4v) is 5.01. The lowest BCUT2D eigenvalue weighted by Gasteiger charge is -2.24. The number of phenols is 1. The van der Waals surface area contributed by atoms with Crippen LogP contribution in [0.2, 0.25) is 0 Å². The molecule has 1 aliphatic heterocycles. The van der Waals surface area contributed by atoms with Crippen molar-refractivity contribution >= 4 is 17.7 Å². The Hall–Kier alpha value is -2.25. The summed E-state index contributed by atoms with van der Waals surface area (Å²) in [5.74, 6) is 0.426. The van der Waals surface area contributed by atoms with Crippen LogP contribution in [0.15, 0.2) is 47.4 Å². The fourth-order valence-electron chi connectivity index (χ4n) is 3.79. The molecule has 0 unspecified atom stereocenters. The van der Waals surface area contributed by atoms with Gasteiger partial charge >= 0.3 is 0 Å². The van der Waals surface area contributed by atoms with Crippen LogP contribution in [0.5, 0.6) is 11.5 Å². The average molecular weight is 431 g/mol. The molecule has 30 heavy (non-hydrogen) atoms. The quantitative estimate of drug-likeness (QED) is 0.664. The zero-order chi connectivity index (χ0) is 21.1. The number of hydrogen-bond acceptors (Lipinski definition) is 5. The van der Waals surface area contributed by atoms with Gasteiger partial charge in [-0.2, -0.15) is 0 Å². The third-order valence-electron chi connectivity index (χ3n) is 5.42. The van der Waals surface area contributed by atoms with Gasteiger partial charge in [0.1, 0.15) is 5.82 Å². The summed E-state index contributed by atoms with van der Waals surface area (Å²) in [6.45, 7) is 3.71. The van der Waals surface area contributed by atoms with E-state index < -0.39 is 0 Å². The molecule has 7 heteroatoms. The molecule has 2 fully saturated rings. The third-order valence-corrected chi connectivity index (χ3v) is 6.64. The summed E-state index contributed by atoms with van der Waals surface area (Å²) in [6, 6.07) is 12.0. The number of phenolic OH excluding ortho intramolecular Hbond substituents is 1. The first-order valence-electron chi connectivity index (χ1n) is 10.4. The number of rotatable bonds is 8. The first-order valence-corrected chi connectivity index (χ1v) is 11.3. The number of nitrogens with zero attached hydrogens (tertiary/aromatic N) is 1. The molecule has 1 saturated carbocycles. The Bertz CT molecular complexity index is 889. The smallest absolute Gasteiger partial charge is 0.237 e. The van der Waals surface area contributed by atoms with Crippen molar-refractivity contribution in [2.45, 2.75) is 55.0 Å². The number of aromatic hydroxyl groups is 1. The van der Waals surface area contributed by atoms with Crippen LogP contribution in [0.4, 0.5) is 4.39 Å². The predicted octanol–water partition coefficient (Wildman–Crippen LogP) is 3.94. The normalized spacial score (nSPS) is 21.5. The fraction of sp³-hybridized carbons (Fsp3) is 0.435. The molecule has 1 aliphatic carbocycles. The van der Waals surface area contributed by atoms with E-state index in [1.165, 1.54) is 12.1 Å². The van der Waals surface area contributed by atoms with Crippen molar-refractivity contribution in [3.8, 4) is 11.5 Å². The molecule has 2 aromatic carbocycles. The first-order chi connectivity index (χ1) is 14.5. The van der Waals surface area contributed by atoms with Gasteiger partial charge in [0.25, 0.3) is 0 Å². The van der Waals surface area contributed by atoms with Gasteiger partial charge in [-0.3, -0.25) is 9.69 Å². The molecule has 2 aromatic rings. The van der Waals surface area contributed by atoms with Crippen molar-refractivity contribution < 1.29 is 19.0 Å². The highest BCUT2D eigenvalue weighted by Gasteiger charge is 2.39. The van der Waals surface area contributed by atoms with E-state index in [-0.39, 0.29) is 28.8 Å². The highest BCUT2D eigenvalue weighted by Crippen LogP contribution is 2.35. The Morgan fingerprint density at radius 2 is 2.03 bits per heavy atom. The van der Waals surface area contributed by atoms with E-state index in [0.29, 0.717) is 24.9 Å². The molecule has 0 spiro atoms. The van der Waals surface area contributed by atoms with Gasteiger partial charge in [0.05, 0.1) is 12.6 Å². The summed E-state index contributed by atoms with van der Waals surface area (Å²) < 4.78 is 18.7. The molecule has 1 saturated heterocycles. The van der Waals surface area contributed by atoms with Gasteiger partial charge in [-0.15, -0.1) is 11.8 Å². The van der Waals surface area contributed by atoms with Crippen LogP contribution in [0.25, 0.3) is 0 Å². The summed E-state index contributed by atoms with van der Waals surface area (Å²) >= 11 is 1.69. The molecular weight excluding hydrogens is 403 g/mol. The second-order valence-corrected chi connectivity index (χ2v) is 9.27. The number of carbonyl (C=O) groups excluding carboxylic acids is 1. The van der Waals surface area contributed by atoms with Gasteiger partial charge in [0, 0.05) is 29.3 Å². The zero-order valence-corrected chi connectivity index (χ0v) is 17.8. The lowest BCUT2D eigenvalue weighted by Crippen LogP contribution is -2.43. The maximum Gasteiger partial charge on any atom is 0.237 e. The van der Waals surface area contributed by atoms with E-state index in [4.69, 9.17) is 4.74 Å². The van der Waals surface area contributed by atoms with Gasteiger partial charge in [-0.25, -0.2) is 4.39 Å². The molecule has 0 bridgehead atoms. The number of hydrogen-bond donors (Lipinski definition) is 2. The monoisotopic (exact) mass is 430 g/mol. The minimum atomic E-state index is -0.244. The van der Waals surface area contributed by atoms with Gasteiger partial charge in [-0.1, -0.05) is 6.07 Å². The number of nitrogens with one attached hydrogen (secondary N) is 1. The number of likely N-dealkylation sites (tertiary alicyclic amines) is 1. The average Bonchev–Trinajstić information content (AvgIpc) is 3.45. The summed E-state index contributed by atoms with van der Waals surface area (Å²) in [4.78, 5) is 16.1. The Labute approximate surface area is 180 Å². The van der Waals surface area contributed by atoms with Crippen LogP contribution in [0, 0.1) is 5.82 Å². The van der Waals surface area contributed by atoms with Crippen LogP contribution in [0.3, 0.4) is 0 Å². The number of benzene rings is 2. The molecule has 2 atom stereocenters. The number of amides is 1. The maximum absolute atomic E-state index is 13.2. The van der Waals surface area contributed by atoms with Gasteiger partial charge < -0.3 is 15.2 Å². The second kappa shape index (κ2) is 9.27.